The highest BCUT2D eigenvalue weighted by Gasteiger charge is 2.41. The molecule has 0 spiro atoms. The molecule has 3 aliphatic heterocycles. The zero-order valence-electron chi connectivity index (χ0n) is 12.8. The van der Waals surface area contributed by atoms with Crippen LogP contribution in [0.25, 0.3) is 0 Å². The third-order valence-corrected chi connectivity index (χ3v) is 5.63. The Hall–Kier alpha value is -0.120. The van der Waals surface area contributed by atoms with Crippen molar-refractivity contribution in [2.75, 3.05) is 26.7 Å². The van der Waals surface area contributed by atoms with E-state index < -0.39 is 0 Å². The van der Waals surface area contributed by atoms with Crippen molar-refractivity contribution >= 4 is 0 Å². The minimum atomic E-state index is 0.794. The highest BCUT2D eigenvalue weighted by Crippen LogP contribution is 2.37. The standard InChI is InChI=1S/C16H31N3/c1-3-17-13-11-15-5-4-6-16(12-13)19(15)14-7-9-18(2)10-8-14/h13-17H,3-12H2,1-2H3. The third-order valence-electron chi connectivity index (χ3n) is 5.63. The summed E-state index contributed by atoms with van der Waals surface area (Å²) in [5, 5.41) is 3.71. The predicted octanol–water partition coefficient (Wildman–Crippen LogP) is 2.08. The lowest BCUT2D eigenvalue weighted by Gasteiger charge is -2.53. The molecular weight excluding hydrogens is 234 g/mol. The molecule has 3 fully saturated rings. The molecule has 0 amide bonds. The Balaban J connectivity index is 1.65. The Morgan fingerprint density at radius 3 is 2.16 bits per heavy atom. The lowest BCUT2D eigenvalue weighted by atomic mass is 9.79. The number of piperidine rings is 3. The van der Waals surface area contributed by atoms with Gasteiger partial charge in [-0.2, -0.15) is 0 Å². The fourth-order valence-corrected chi connectivity index (χ4v) is 4.76. The highest BCUT2D eigenvalue weighted by atomic mass is 15.3. The van der Waals surface area contributed by atoms with E-state index in [1.807, 2.05) is 0 Å². The van der Waals surface area contributed by atoms with Crippen LogP contribution in [0.5, 0.6) is 0 Å². The van der Waals surface area contributed by atoms with Gasteiger partial charge in [-0.1, -0.05) is 13.3 Å². The monoisotopic (exact) mass is 265 g/mol. The molecule has 0 aromatic carbocycles. The van der Waals surface area contributed by atoms with Crippen LogP contribution in [0.1, 0.15) is 51.9 Å². The van der Waals surface area contributed by atoms with E-state index in [1.54, 1.807) is 0 Å². The van der Waals surface area contributed by atoms with Crippen LogP contribution in [0.3, 0.4) is 0 Å². The van der Waals surface area contributed by atoms with Gasteiger partial charge in [0.25, 0.3) is 0 Å². The normalized spacial score (nSPS) is 38.5. The van der Waals surface area contributed by atoms with E-state index in [4.69, 9.17) is 0 Å². The second kappa shape index (κ2) is 6.11. The molecule has 3 rings (SSSR count). The van der Waals surface area contributed by atoms with Gasteiger partial charge in [0.1, 0.15) is 0 Å². The minimum absolute atomic E-state index is 0.794. The summed E-state index contributed by atoms with van der Waals surface area (Å²) in [6, 6.07) is 3.44. The van der Waals surface area contributed by atoms with Gasteiger partial charge in [-0.25, -0.2) is 0 Å². The first-order chi connectivity index (χ1) is 9.28. The van der Waals surface area contributed by atoms with Crippen LogP contribution in [0.4, 0.5) is 0 Å². The van der Waals surface area contributed by atoms with Crippen LogP contribution >= 0.6 is 0 Å². The van der Waals surface area contributed by atoms with Gasteiger partial charge in [0.05, 0.1) is 0 Å². The summed E-state index contributed by atoms with van der Waals surface area (Å²) in [6.45, 7) is 5.99. The number of rotatable bonds is 3. The average molecular weight is 265 g/mol. The number of hydrogen-bond acceptors (Lipinski definition) is 3. The number of likely N-dealkylation sites (tertiary alicyclic amines) is 1. The van der Waals surface area contributed by atoms with E-state index in [9.17, 15) is 0 Å². The molecule has 3 saturated heterocycles. The molecule has 0 aliphatic carbocycles. The van der Waals surface area contributed by atoms with Gasteiger partial charge in [0, 0.05) is 24.2 Å². The predicted molar refractivity (Wildman–Crippen MR) is 80.5 cm³/mol. The van der Waals surface area contributed by atoms with E-state index in [2.05, 4.69) is 29.1 Å². The van der Waals surface area contributed by atoms with Crippen molar-refractivity contribution in [1.82, 2.24) is 15.1 Å². The maximum atomic E-state index is 3.71. The van der Waals surface area contributed by atoms with Gasteiger partial charge in [-0.15, -0.1) is 0 Å². The molecule has 110 valence electrons. The fraction of sp³-hybridized carbons (Fsp3) is 1.00. The van der Waals surface area contributed by atoms with Crippen molar-refractivity contribution in [3.8, 4) is 0 Å². The summed E-state index contributed by atoms with van der Waals surface area (Å²) >= 11 is 0. The van der Waals surface area contributed by atoms with Crippen molar-refractivity contribution in [3.63, 3.8) is 0 Å². The number of fused-ring (bicyclic) bond motifs is 2. The van der Waals surface area contributed by atoms with E-state index in [-0.39, 0.29) is 0 Å². The Bertz CT molecular complexity index is 272. The van der Waals surface area contributed by atoms with Crippen molar-refractivity contribution in [2.24, 2.45) is 0 Å². The zero-order chi connectivity index (χ0) is 13.2. The summed E-state index contributed by atoms with van der Waals surface area (Å²) in [6.07, 6.45) is 9.96. The average Bonchev–Trinajstić information content (AvgIpc) is 2.39. The van der Waals surface area contributed by atoms with Gasteiger partial charge in [-0.3, -0.25) is 4.90 Å². The molecule has 0 aromatic heterocycles. The maximum absolute atomic E-state index is 3.71. The summed E-state index contributed by atoms with van der Waals surface area (Å²) < 4.78 is 0. The van der Waals surface area contributed by atoms with Gasteiger partial charge < -0.3 is 10.2 Å². The molecule has 3 heteroatoms. The topological polar surface area (TPSA) is 18.5 Å². The van der Waals surface area contributed by atoms with Crippen LogP contribution in [0.2, 0.25) is 0 Å². The van der Waals surface area contributed by atoms with Crippen LogP contribution in [0, 0.1) is 0 Å². The van der Waals surface area contributed by atoms with Crippen LogP contribution in [-0.4, -0.2) is 60.6 Å². The molecule has 0 aromatic rings. The Kier molecular flexibility index (Phi) is 4.45. The Morgan fingerprint density at radius 1 is 0.947 bits per heavy atom. The summed E-state index contributed by atoms with van der Waals surface area (Å²) in [5.41, 5.74) is 0. The molecule has 0 saturated carbocycles. The number of nitrogens with zero attached hydrogens (tertiary/aromatic N) is 2. The Labute approximate surface area is 118 Å². The summed E-state index contributed by atoms with van der Waals surface area (Å²) in [4.78, 5) is 5.46. The van der Waals surface area contributed by atoms with E-state index in [0.717, 1.165) is 30.7 Å². The molecular formula is C16H31N3. The van der Waals surface area contributed by atoms with Crippen LogP contribution < -0.4 is 5.32 Å². The van der Waals surface area contributed by atoms with Crippen LogP contribution in [-0.2, 0) is 0 Å². The molecule has 2 bridgehead atoms. The minimum Gasteiger partial charge on any atom is -0.314 e. The lowest BCUT2D eigenvalue weighted by molar-refractivity contribution is -0.0283. The second-order valence-corrected chi connectivity index (χ2v) is 6.95. The molecule has 2 unspecified atom stereocenters. The first-order valence-electron chi connectivity index (χ1n) is 8.47. The SMILES string of the molecule is CCNC1CC2CCCC(C1)N2C1CCN(C)CC1. The largest absolute Gasteiger partial charge is 0.314 e. The van der Waals surface area contributed by atoms with Crippen molar-refractivity contribution in [1.29, 1.82) is 0 Å². The van der Waals surface area contributed by atoms with Gasteiger partial charge >= 0.3 is 0 Å². The van der Waals surface area contributed by atoms with E-state index in [1.165, 1.54) is 58.0 Å². The second-order valence-electron chi connectivity index (χ2n) is 6.95. The fourth-order valence-electron chi connectivity index (χ4n) is 4.76. The smallest absolute Gasteiger partial charge is 0.0125 e. The van der Waals surface area contributed by atoms with Crippen LogP contribution in [0.15, 0.2) is 0 Å². The van der Waals surface area contributed by atoms with Gasteiger partial charge in [-0.05, 0) is 65.2 Å². The first kappa shape index (κ1) is 13.8. The highest BCUT2D eigenvalue weighted by molar-refractivity contribution is 4.98. The molecule has 3 aliphatic rings. The number of nitrogens with one attached hydrogen (secondary N) is 1. The van der Waals surface area contributed by atoms with Crippen molar-refractivity contribution in [2.45, 2.75) is 76.0 Å². The Morgan fingerprint density at radius 2 is 1.58 bits per heavy atom. The van der Waals surface area contributed by atoms with E-state index >= 15 is 0 Å². The summed E-state index contributed by atoms with van der Waals surface area (Å²) in [5.74, 6) is 0. The van der Waals surface area contributed by atoms with Gasteiger partial charge in [0.15, 0.2) is 0 Å². The molecule has 0 radical (unpaired) electrons. The molecule has 3 heterocycles. The molecule has 3 nitrogen and oxygen atoms in total. The molecule has 1 N–H and O–H groups in total. The number of hydrogen-bond donors (Lipinski definition) is 1. The zero-order valence-corrected chi connectivity index (χ0v) is 12.8. The quantitative estimate of drug-likeness (QED) is 0.843. The maximum Gasteiger partial charge on any atom is 0.0125 e. The summed E-state index contributed by atoms with van der Waals surface area (Å²) in [7, 11) is 2.27. The van der Waals surface area contributed by atoms with Crippen molar-refractivity contribution < 1.29 is 0 Å². The van der Waals surface area contributed by atoms with Crippen molar-refractivity contribution in [3.05, 3.63) is 0 Å². The van der Waals surface area contributed by atoms with E-state index in [0.29, 0.717) is 0 Å². The molecule has 19 heavy (non-hydrogen) atoms. The third kappa shape index (κ3) is 2.98. The lowest BCUT2D eigenvalue weighted by Crippen LogP contribution is -2.61. The van der Waals surface area contributed by atoms with Gasteiger partial charge in [0.2, 0.25) is 0 Å². The first-order valence-corrected chi connectivity index (χ1v) is 8.47. The molecule has 2 atom stereocenters.